The van der Waals surface area contributed by atoms with Crippen molar-refractivity contribution >= 4 is 10.0 Å². The van der Waals surface area contributed by atoms with Crippen LogP contribution in [0.15, 0.2) is 18.2 Å². The third-order valence-electron chi connectivity index (χ3n) is 4.43. The lowest BCUT2D eigenvalue weighted by Crippen LogP contribution is -2.45. The highest BCUT2D eigenvalue weighted by molar-refractivity contribution is 7.89. The van der Waals surface area contributed by atoms with Gasteiger partial charge in [-0.2, -0.15) is 8.78 Å². The lowest BCUT2D eigenvalue weighted by atomic mass is 10.1. The van der Waals surface area contributed by atoms with Crippen molar-refractivity contribution in [3.63, 3.8) is 0 Å². The van der Waals surface area contributed by atoms with Gasteiger partial charge in [-0.3, -0.25) is 0 Å². The smallest absolute Gasteiger partial charge is 0.387 e. The van der Waals surface area contributed by atoms with Gasteiger partial charge in [-0.1, -0.05) is 13.0 Å². The molecule has 154 valence electrons. The molecular formula is C18H28F2N2O4S. The average molecular weight is 406 g/mol. The second-order valence-electron chi connectivity index (χ2n) is 6.46. The van der Waals surface area contributed by atoms with Crippen LogP contribution in [0.4, 0.5) is 8.78 Å². The summed E-state index contributed by atoms with van der Waals surface area (Å²) in [4.78, 5) is 0. The van der Waals surface area contributed by atoms with Gasteiger partial charge in [0.15, 0.2) is 11.5 Å². The lowest BCUT2D eigenvalue weighted by Gasteiger charge is -2.31. The molecule has 1 aromatic rings. The molecule has 0 amide bonds. The van der Waals surface area contributed by atoms with Gasteiger partial charge < -0.3 is 14.8 Å². The first kappa shape index (κ1) is 21.8. The fourth-order valence-corrected chi connectivity index (χ4v) is 4.65. The molecule has 0 atom stereocenters. The van der Waals surface area contributed by atoms with E-state index < -0.39 is 16.6 Å². The molecule has 1 N–H and O–H groups in total. The second kappa shape index (κ2) is 10.2. The van der Waals surface area contributed by atoms with E-state index in [1.165, 1.54) is 6.07 Å². The first-order valence-corrected chi connectivity index (χ1v) is 10.9. The Bertz CT molecular complexity index is 693. The molecule has 0 unspecified atom stereocenters. The van der Waals surface area contributed by atoms with E-state index in [2.05, 4.69) is 10.1 Å². The number of hydrogen-bond donors (Lipinski definition) is 1. The molecule has 1 aliphatic heterocycles. The van der Waals surface area contributed by atoms with E-state index in [0.717, 1.165) is 18.4 Å². The van der Waals surface area contributed by atoms with E-state index in [4.69, 9.17) is 4.74 Å². The van der Waals surface area contributed by atoms with Crippen molar-refractivity contribution in [2.45, 2.75) is 52.3 Å². The Morgan fingerprint density at radius 2 is 1.93 bits per heavy atom. The summed E-state index contributed by atoms with van der Waals surface area (Å²) in [5.41, 5.74) is 0.890. The number of halogens is 2. The fourth-order valence-electron chi connectivity index (χ4n) is 3.11. The third-order valence-corrected chi connectivity index (χ3v) is 6.50. The first-order valence-electron chi connectivity index (χ1n) is 9.27. The van der Waals surface area contributed by atoms with E-state index in [9.17, 15) is 17.2 Å². The van der Waals surface area contributed by atoms with Gasteiger partial charge in [0.1, 0.15) is 0 Å². The first-order chi connectivity index (χ1) is 12.9. The zero-order valence-electron chi connectivity index (χ0n) is 15.8. The fraction of sp³-hybridized carbons (Fsp3) is 0.667. The predicted octanol–water partition coefficient (Wildman–Crippen LogP) is 2.98. The Hall–Kier alpha value is -1.45. The van der Waals surface area contributed by atoms with Crippen LogP contribution < -0.4 is 14.8 Å². The number of nitrogens with zero attached hydrogens (tertiary/aromatic N) is 1. The van der Waals surface area contributed by atoms with Crippen molar-refractivity contribution in [1.82, 2.24) is 9.62 Å². The van der Waals surface area contributed by atoms with E-state index in [0.29, 0.717) is 32.7 Å². The van der Waals surface area contributed by atoms with Crippen LogP contribution in [0.2, 0.25) is 0 Å². The van der Waals surface area contributed by atoms with E-state index in [1.807, 2.05) is 6.92 Å². The minimum absolute atomic E-state index is 0.0186. The number of benzene rings is 1. The third kappa shape index (κ3) is 6.58. The maximum Gasteiger partial charge on any atom is 0.387 e. The molecule has 0 aromatic heterocycles. The molecule has 0 saturated carbocycles. The molecule has 27 heavy (non-hydrogen) atoms. The summed E-state index contributed by atoms with van der Waals surface area (Å²) >= 11 is 0. The van der Waals surface area contributed by atoms with Crippen molar-refractivity contribution in [2.75, 3.05) is 25.4 Å². The van der Waals surface area contributed by atoms with Gasteiger partial charge in [0, 0.05) is 25.7 Å². The maximum absolute atomic E-state index is 12.5. The summed E-state index contributed by atoms with van der Waals surface area (Å²) in [5, 5.41) is 3.41. The van der Waals surface area contributed by atoms with Gasteiger partial charge in [0.05, 0.1) is 12.4 Å². The van der Waals surface area contributed by atoms with Crippen molar-refractivity contribution in [3.05, 3.63) is 23.8 Å². The van der Waals surface area contributed by atoms with Crippen LogP contribution in [0.5, 0.6) is 11.5 Å². The largest absolute Gasteiger partial charge is 0.490 e. The number of piperidine rings is 1. The number of rotatable bonds is 10. The Morgan fingerprint density at radius 1 is 1.22 bits per heavy atom. The van der Waals surface area contributed by atoms with Crippen molar-refractivity contribution < 1.29 is 26.7 Å². The van der Waals surface area contributed by atoms with Crippen LogP contribution in [0.3, 0.4) is 0 Å². The summed E-state index contributed by atoms with van der Waals surface area (Å²) in [5.74, 6) is 0.501. The van der Waals surface area contributed by atoms with Gasteiger partial charge >= 0.3 is 6.61 Å². The predicted molar refractivity (Wildman–Crippen MR) is 99.8 cm³/mol. The normalized spacial score (nSPS) is 16.6. The maximum atomic E-state index is 12.5. The summed E-state index contributed by atoms with van der Waals surface area (Å²) in [7, 11) is -3.14. The average Bonchev–Trinajstić information content (AvgIpc) is 2.62. The van der Waals surface area contributed by atoms with Crippen LogP contribution >= 0.6 is 0 Å². The molecule has 9 heteroatoms. The minimum atomic E-state index is -3.14. The van der Waals surface area contributed by atoms with Crippen LogP contribution in [-0.4, -0.2) is 50.8 Å². The number of sulfonamides is 1. The Morgan fingerprint density at radius 3 is 2.52 bits per heavy atom. The zero-order chi connectivity index (χ0) is 19.9. The monoisotopic (exact) mass is 406 g/mol. The summed E-state index contributed by atoms with van der Waals surface area (Å²) < 4.78 is 60.6. The van der Waals surface area contributed by atoms with Crippen molar-refractivity contribution in [2.24, 2.45) is 0 Å². The minimum Gasteiger partial charge on any atom is -0.490 e. The summed E-state index contributed by atoms with van der Waals surface area (Å²) in [6.45, 7) is 2.67. The molecule has 0 radical (unpaired) electrons. The topological polar surface area (TPSA) is 67.9 Å². The van der Waals surface area contributed by atoms with Crippen LogP contribution in [0.25, 0.3) is 0 Å². The SMILES string of the molecule is CCCS(=O)(=O)N1CCC(NCc2ccc(OC(F)F)c(OCC)c2)CC1. The second-order valence-corrected chi connectivity index (χ2v) is 8.55. The molecule has 0 aliphatic carbocycles. The van der Waals surface area contributed by atoms with Crippen LogP contribution in [0.1, 0.15) is 38.7 Å². The Kier molecular flexibility index (Phi) is 8.25. The molecule has 1 saturated heterocycles. The van der Waals surface area contributed by atoms with Gasteiger partial charge in [0.25, 0.3) is 0 Å². The highest BCUT2D eigenvalue weighted by Gasteiger charge is 2.27. The van der Waals surface area contributed by atoms with Gasteiger partial charge in [-0.15, -0.1) is 0 Å². The van der Waals surface area contributed by atoms with E-state index in [-0.39, 0.29) is 23.3 Å². The molecule has 2 rings (SSSR count). The quantitative estimate of drug-likeness (QED) is 0.647. The Labute approximate surface area is 159 Å². The van der Waals surface area contributed by atoms with Gasteiger partial charge in [-0.05, 0) is 43.9 Å². The standard InChI is InChI=1S/C18H28F2N2O4S/c1-3-11-27(23,24)22-9-7-15(8-10-22)21-13-14-5-6-16(26-18(19)20)17(12-14)25-4-2/h5-6,12,15,18,21H,3-4,7-11,13H2,1-2H3. The molecule has 0 spiro atoms. The van der Waals surface area contributed by atoms with Crippen molar-refractivity contribution in [1.29, 1.82) is 0 Å². The number of alkyl halides is 2. The Balaban J connectivity index is 1.89. The number of ether oxygens (including phenoxy) is 2. The highest BCUT2D eigenvalue weighted by Crippen LogP contribution is 2.30. The lowest BCUT2D eigenvalue weighted by molar-refractivity contribution is -0.0514. The van der Waals surface area contributed by atoms with Gasteiger partial charge in [-0.25, -0.2) is 12.7 Å². The van der Waals surface area contributed by atoms with Crippen molar-refractivity contribution in [3.8, 4) is 11.5 Å². The highest BCUT2D eigenvalue weighted by atomic mass is 32.2. The molecule has 1 aliphatic rings. The molecule has 6 nitrogen and oxygen atoms in total. The molecule has 1 fully saturated rings. The molecular weight excluding hydrogens is 378 g/mol. The number of nitrogens with one attached hydrogen (secondary N) is 1. The van der Waals surface area contributed by atoms with Crippen LogP contribution in [0, 0.1) is 0 Å². The van der Waals surface area contributed by atoms with Crippen LogP contribution in [-0.2, 0) is 16.6 Å². The zero-order valence-corrected chi connectivity index (χ0v) is 16.6. The van der Waals surface area contributed by atoms with E-state index in [1.54, 1.807) is 23.4 Å². The summed E-state index contributed by atoms with van der Waals surface area (Å²) in [6, 6.07) is 5.10. The molecule has 1 heterocycles. The molecule has 0 bridgehead atoms. The van der Waals surface area contributed by atoms with Gasteiger partial charge in [0.2, 0.25) is 10.0 Å². The number of hydrogen-bond acceptors (Lipinski definition) is 5. The summed E-state index contributed by atoms with van der Waals surface area (Å²) in [6.07, 6.45) is 2.11. The molecule has 1 aromatic carbocycles. The van der Waals surface area contributed by atoms with E-state index >= 15 is 0 Å².